The third kappa shape index (κ3) is 5.12. The van der Waals surface area contributed by atoms with E-state index in [2.05, 4.69) is 20.0 Å². The Morgan fingerprint density at radius 2 is 1.89 bits per heavy atom. The minimum Gasteiger partial charge on any atom is -0.354 e. The summed E-state index contributed by atoms with van der Waals surface area (Å²) in [5.41, 5.74) is 0. The Morgan fingerprint density at radius 3 is 2.42 bits per heavy atom. The summed E-state index contributed by atoms with van der Waals surface area (Å²) in [6.45, 7) is 7.24. The number of nitrogens with zero attached hydrogens (tertiary/aromatic N) is 2. The second-order valence-electron chi connectivity index (χ2n) is 4.53. The molecular weight excluding hydrogens is 264 g/mol. The van der Waals surface area contributed by atoms with Gasteiger partial charge in [0.1, 0.15) is 4.90 Å². The molecule has 0 amide bonds. The van der Waals surface area contributed by atoms with Gasteiger partial charge in [0.15, 0.2) is 0 Å². The molecule has 1 atom stereocenters. The molecule has 0 fully saturated rings. The van der Waals surface area contributed by atoms with Crippen LogP contribution >= 0.6 is 0 Å². The molecule has 0 bridgehead atoms. The Labute approximate surface area is 115 Å². The summed E-state index contributed by atoms with van der Waals surface area (Å²) in [4.78, 5) is 8.07. The summed E-state index contributed by atoms with van der Waals surface area (Å²) in [7, 11) is -3.51. The summed E-state index contributed by atoms with van der Waals surface area (Å²) < 4.78 is 26.5. The molecule has 0 saturated heterocycles. The quantitative estimate of drug-likeness (QED) is 0.758. The zero-order chi connectivity index (χ0) is 14.3. The van der Waals surface area contributed by atoms with Crippen LogP contribution in [0.2, 0.25) is 0 Å². The van der Waals surface area contributed by atoms with Gasteiger partial charge in [-0.25, -0.2) is 23.1 Å². The van der Waals surface area contributed by atoms with Crippen molar-refractivity contribution in [2.75, 3.05) is 18.4 Å². The van der Waals surface area contributed by atoms with Crippen molar-refractivity contribution in [3.8, 4) is 0 Å². The van der Waals surface area contributed by atoms with Crippen molar-refractivity contribution in [2.45, 2.75) is 38.5 Å². The van der Waals surface area contributed by atoms with E-state index in [4.69, 9.17) is 0 Å². The van der Waals surface area contributed by atoms with E-state index >= 15 is 0 Å². The Kier molecular flexibility index (Phi) is 6.17. The van der Waals surface area contributed by atoms with Crippen LogP contribution in [0.5, 0.6) is 0 Å². The van der Waals surface area contributed by atoms with Crippen LogP contribution in [0.1, 0.15) is 33.6 Å². The van der Waals surface area contributed by atoms with Crippen molar-refractivity contribution in [1.82, 2.24) is 14.7 Å². The number of aromatic nitrogens is 2. The van der Waals surface area contributed by atoms with Gasteiger partial charge in [0, 0.05) is 13.1 Å². The standard InChI is InChI=1S/C12H22N4O2S/c1-4-6-13-12-14-8-11(9-15-12)19(17,18)16-7-10(3)5-2/h8-10,16H,4-7H2,1-3H3,(H,13,14,15). The summed E-state index contributed by atoms with van der Waals surface area (Å²) in [5, 5.41) is 2.99. The molecule has 1 aromatic rings. The zero-order valence-electron chi connectivity index (χ0n) is 11.7. The van der Waals surface area contributed by atoms with Gasteiger partial charge < -0.3 is 5.32 Å². The fourth-order valence-corrected chi connectivity index (χ4v) is 2.32. The maximum atomic E-state index is 12.0. The van der Waals surface area contributed by atoms with Crippen molar-refractivity contribution in [2.24, 2.45) is 5.92 Å². The lowest BCUT2D eigenvalue weighted by molar-refractivity contribution is 0.528. The molecule has 0 radical (unpaired) electrons. The average molecular weight is 286 g/mol. The number of nitrogens with one attached hydrogen (secondary N) is 2. The predicted octanol–water partition coefficient (Wildman–Crippen LogP) is 1.62. The van der Waals surface area contributed by atoms with E-state index < -0.39 is 10.0 Å². The van der Waals surface area contributed by atoms with Crippen LogP contribution in [0.15, 0.2) is 17.3 Å². The summed E-state index contributed by atoms with van der Waals surface area (Å²) in [6, 6.07) is 0. The van der Waals surface area contributed by atoms with E-state index in [1.54, 1.807) is 0 Å². The molecule has 2 N–H and O–H groups in total. The lowest BCUT2D eigenvalue weighted by atomic mass is 10.1. The van der Waals surface area contributed by atoms with Gasteiger partial charge in [-0.3, -0.25) is 0 Å². The van der Waals surface area contributed by atoms with Gasteiger partial charge in [-0.05, 0) is 12.3 Å². The molecule has 7 heteroatoms. The third-order valence-corrected chi connectivity index (χ3v) is 4.17. The maximum absolute atomic E-state index is 12.0. The van der Waals surface area contributed by atoms with Crippen molar-refractivity contribution >= 4 is 16.0 Å². The number of sulfonamides is 1. The van der Waals surface area contributed by atoms with E-state index in [0.29, 0.717) is 18.4 Å². The van der Waals surface area contributed by atoms with Crippen LogP contribution in [-0.2, 0) is 10.0 Å². The Morgan fingerprint density at radius 1 is 1.26 bits per heavy atom. The zero-order valence-corrected chi connectivity index (χ0v) is 12.5. The summed E-state index contributed by atoms with van der Waals surface area (Å²) >= 11 is 0. The van der Waals surface area contributed by atoms with Crippen LogP contribution in [0.3, 0.4) is 0 Å². The predicted molar refractivity (Wildman–Crippen MR) is 75.5 cm³/mol. The fourth-order valence-electron chi connectivity index (χ4n) is 1.26. The molecule has 108 valence electrons. The normalized spacial score (nSPS) is 13.2. The minimum absolute atomic E-state index is 0.0952. The van der Waals surface area contributed by atoms with Crippen molar-refractivity contribution in [1.29, 1.82) is 0 Å². The molecule has 0 spiro atoms. The average Bonchev–Trinajstić information content (AvgIpc) is 2.43. The van der Waals surface area contributed by atoms with Gasteiger partial charge in [-0.1, -0.05) is 27.2 Å². The molecule has 1 aromatic heterocycles. The molecule has 0 aliphatic rings. The van der Waals surface area contributed by atoms with E-state index in [0.717, 1.165) is 19.4 Å². The van der Waals surface area contributed by atoms with Crippen molar-refractivity contribution < 1.29 is 8.42 Å². The van der Waals surface area contributed by atoms with E-state index in [-0.39, 0.29) is 4.90 Å². The minimum atomic E-state index is -3.51. The van der Waals surface area contributed by atoms with E-state index in [1.807, 2.05) is 20.8 Å². The molecule has 1 rings (SSSR count). The van der Waals surface area contributed by atoms with Crippen LogP contribution < -0.4 is 10.0 Å². The largest absolute Gasteiger partial charge is 0.354 e. The Balaban J connectivity index is 2.68. The lowest BCUT2D eigenvalue weighted by Gasteiger charge is -2.10. The first-order valence-electron chi connectivity index (χ1n) is 6.55. The van der Waals surface area contributed by atoms with E-state index in [1.165, 1.54) is 12.4 Å². The highest BCUT2D eigenvalue weighted by atomic mass is 32.2. The monoisotopic (exact) mass is 286 g/mol. The van der Waals surface area contributed by atoms with Gasteiger partial charge in [-0.2, -0.15) is 0 Å². The van der Waals surface area contributed by atoms with Crippen molar-refractivity contribution in [3.63, 3.8) is 0 Å². The van der Waals surface area contributed by atoms with Crippen LogP contribution in [0, 0.1) is 5.92 Å². The molecular formula is C12H22N4O2S. The van der Waals surface area contributed by atoms with Gasteiger partial charge in [0.25, 0.3) is 0 Å². The summed E-state index contributed by atoms with van der Waals surface area (Å²) in [5.74, 6) is 0.754. The highest BCUT2D eigenvalue weighted by Crippen LogP contribution is 2.08. The van der Waals surface area contributed by atoms with Gasteiger partial charge in [0.2, 0.25) is 16.0 Å². The fraction of sp³-hybridized carbons (Fsp3) is 0.667. The molecule has 6 nitrogen and oxygen atoms in total. The molecule has 1 unspecified atom stereocenters. The number of rotatable bonds is 8. The highest BCUT2D eigenvalue weighted by molar-refractivity contribution is 7.89. The van der Waals surface area contributed by atoms with Crippen LogP contribution in [-0.4, -0.2) is 31.5 Å². The van der Waals surface area contributed by atoms with Gasteiger partial charge >= 0.3 is 0 Å². The first kappa shape index (κ1) is 15.8. The smallest absolute Gasteiger partial charge is 0.243 e. The molecule has 19 heavy (non-hydrogen) atoms. The number of hydrogen-bond donors (Lipinski definition) is 2. The Bertz CT molecular complexity index is 473. The second kappa shape index (κ2) is 7.40. The number of hydrogen-bond acceptors (Lipinski definition) is 5. The maximum Gasteiger partial charge on any atom is 0.243 e. The van der Waals surface area contributed by atoms with E-state index in [9.17, 15) is 8.42 Å². The van der Waals surface area contributed by atoms with Crippen LogP contribution in [0.4, 0.5) is 5.95 Å². The Hall–Kier alpha value is -1.21. The molecule has 1 heterocycles. The third-order valence-electron chi connectivity index (χ3n) is 2.79. The highest BCUT2D eigenvalue weighted by Gasteiger charge is 2.15. The lowest BCUT2D eigenvalue weighted by Crippen LogP contribution is -2.28. The molecule has 0 aliphatic carbocycles. The number of anilines is 1. The topological polar surface area (TPSA) is 84.0 Å². The second-order valence-corrected chi connectivity index (χ2v) is 6.30. The van der Waals surface area contributed by atoms with Gasteiger partial charge in [0.05, 0.1) is 12.4 Å². The first-order valence-corrected chi connectivity index (χ1v) is 8.03. The van der Waals surface area contributed by atoms with Crippen LogP contribution in [0.25, 0.3) is 0 Å². The SMILES string of the molecule is CCCNc1ncc(S(=O)(=O)NCC(C)CC)cn1. The molecule has 0 saturated carbocycles. The summed E-state index contributed by atoms with van der Waals surface area (Å²) in [6.07, 6.45) is 4.53. The van der Waals surface area contributed by atoms with Crippen molar-refractivity contribution in [3.05, 3.63) is 12.4 Å². The molecule has 0 aliphatic heterocycles. The first-order chi connectivity index (χ1) is 8.99. The van der Waals surface area contributed by atoms with Gasteiger partial charge in [-0.15, -0.1) is 0 Å². The molecule has 0 aromatic carbocycles.